The smallest absolute Gasteiger partial charge is 0.120 e. The molecule has 0 aromatic carbocycles. The van der Waals surface area contributed by atoms with E-state index in [2.05, 4.69) is 6.58 Å². The quantitative estimate of drug-likeness (QED) is 0.324. The lowest BCUT2D eigenvalue weighted by Crippen LogP contribution is -1.87. The third kappa shape index (κ3) is 3.68. The Morgan fingerprint density at radius 2 is 2.38 bits per heavy atom. The van der Waals surface area contributed by atoms with Gasteiger partial charge >= 0.3 is 0 Å². The molecular weight excluding hydrogens is 120 g/mol. The van der Waals surface area contributed by atoms with Gasteiger partial charge in [-0.05, 0) is 6.42 Å². The van der Waals surface area contributed by atoms with Crippen molar-refractivity contribution in [2.45, 2.75) is 12.8 Å². The minimum atomic E-state index is 0.519. The first-order chi connectivity index (χ1) is 3.81. The number of carbonyl (C=O) groups excluding carboxylic acids is 1. The zero-order chi connectivity index (χ0) is 6.41. The summed E-state index contributed by atoms with van der Waals surface area (Å²) in [5, 5.41) is 0. The Balaban J connectivity index is 3.24. The van der Waals surface area contributed by atoms with Crippen LogP contribution in [0, 0.1) is 0 Å². The molecule has 2 heteroatoms. The van der Waals surface area contributed by atoms with E-state index in [4.69, 9.17) is 12.2 Å². The summed E-state index contributed by atoms with van der Waals surface area (Å²) in [5.41, 5.74) is 0. The highest BCUT2D eigenvalue weighted by Crippen LogP contribution is 1.89. The molecule has 0 aliphatic carbocycles. The molecule has 1 nitrogen and oxygen atoms in total. The molecule has 0 bridgehead atoms. The van der Waals surface area contributed by atoms with Gasteiger partial charge in [0.25, 0.3) is 0 Å². The molecule has 0 unspecified atom stereocenters. The van der Waals surface area contributed by atoms with Gasteiger partial charge in [0.1, 0.15) is 6.29 Å². The van der Waals surface area contributed by atoms with Crippen LogP contribution in [0.3, 0.4) is 0 Å². The van der Waals surface area contributed by atoms with Crippen LogP contribution in [-0.2, 0) is 4.79 Å². The lowest BCUT2D eigenvalue weighted by molar-refractivity contribution is -0.107. The summed E-state index contributed by atoms with van der Waals surface area (Å²) in [7, 11) is 0. The number of hydrogen-bond donors (Lipinski definition) is 0. The van der Waals surface area contributed by atoms with Crippen molar-refractivity contribution < 1.29 is 4.79 Å². The molecule has 8 heavy (non-hydrogen) atoms. The second-order valence-corrected chi connectivity index (χ2v) is 1.90. The van der Waals surface area contributed by atoms with E-state index in [-0.39, 0.29) is 0 Å². The molecule has 0 aromatic heterocycles. The maximum atomic E-state index is 9.73. The van der Waals surface area contributed by atoms with Gasteiger partial charge in [0.15, 0.2) is 0 Å². The first-order valence-electron chi connectivity index (χ1n) is 2.40. The monoisotopic (exact) mass is 128 g/mol. The van der Waals surface area contributed by atoms with Crippen molar-refractivity contribution >= 4 is 23.4 Å². The van der Waals surface area contributed by atoms with Crippen LogP contribution in [0.1, 0.15) is 12.8 Å². The van der Waals surface area contributed by atoms with Gasteiger partial charge in [0.2, 0.25) is 0 Å². The summed E-state index contributed by atoms with van der Waals surface area (Å²) < 4.78 is 0. The summed E-state index contributed by atoms with van der Waals surface area (Å²) in [6, 6.07) is 0. The number of allylic oxidation sites excluding steroid dienone is 1. The predicted octanol–water partition coefficient (Wildman–Crippen LogP) is 1.52. The number of hydrogen-bond acceptors (Lipinski definition) is 2. The molecule has 0 saturated heterocycles. The molecule has 0 amide bonds. The Bertz CT molecular complexity index is 107. The fraction of sp³-hybridized carbons (Fsp3) is 0.333. The lowest BCUT2D eigenvalue weighted by Gasteiger charge is -1.86. The number of carbonyl (C=O) groups is 1. The molecule has 0 atom stereocenters. The van der Waals surface area contributed by atoms with Crippen molar-refractivity contribution in [2.24, 2.45) is 0 Å². The number of thiocarbonyl (C=S) groups is 1. The van der Waals surface area contributed by atoms with E-state index in [1.807, 2.05) is 0 Å². The molecule has 44 valence electrons. The predicted molar refractivity (Wildman–Crippen MR) is 38.1 cm³/mol. The Kier molecular flexibility index (Phi) is 4.36. The zero-order valence-electron chi connectivity index (χ0n) is 4.59. The highest BCUT2D eigenvalue weighted by molar-refractivity contribution is 7.80. The van der Waals surface area contributed by atoms with Crippen LogP contribution in [0.2, 0.25) is 0 Å². The number of aldehydes is 1. The summed E-state index contributed by atoms with van der Waals surface area (Å²) in [5.74, 6) is 0. The van der Waals surface area contributed by atoms with Crippen molar-refractivity contribution in [3.8, 4) is 0 Å². The van der Waals surface area contributed by atoms with E-state index in [0.717, 1.165) is 11.2 Å². The summed E-state index contributed by atoms with van der Waals surface area (Å²) in [6.45, 7) is 3.46. The lowest BCUT2D eigenvalue weighted by atomic mass is 10.2. The van der Waals surface area contributed by atoms with E-state index < -0.39 is 0 Å². The van der Waals surface area contributed by atoms with E-state index >= 15 is 0 Å². The van der Waals surface area contributed by atoms with Gasteiger partial charge in [-0.1, -0.05) is 24.9 Å². The molecule has 0 fully saturated rings. The summed E-state index contributed by atoms with van der Waals surface area (Å²) >= 11 is 4.74. The molecule has 0 saturated carbocycles. The van der Waals surface area contributed by atoms with Crippen LogP contribution < -0.4 is 0 Å². The molecule has 0 aromatic rings. The molecule has 0 aliphatic rings. The van der Waals surface area contributed by atoms with Crippen LogP contribution in [0.15, 0.2) is 12.7 Å². The SMILES string of the molecule is C=CC(=S)CCC=O. The van der Waals surface area contributed by atoms with Gasteiger partial charge in [0, 0.05) is 11.3 Å². The van der Waals surface area contributed by atoms with Crippen molar-refractivity contribution in [1.29, 1.82) is 0 Å². The van der Waals surface area contributed by atoms with Gasteiger partial charge in [0.05, 0.1) is 0 Å². The average molecular weight is 128 g/mol. The highest BCUT2D eigenvalue weighted by Gasteiger charge is 1.86. The molecule has 0 aliphatic heterocycles. The van der Waals surface area contributed by atoms with Crippen LogP contribution in [-0.4, -0.2) is 11.2 Å². The molecule has 0 rings (SSSR count). The maximum Gasteiger partial charge on any atom is 0.120 e. The third-order valence-electron chi connectivity index (χ3n) is 0.736. The van der Waals surface area contributed by atoms with Gasteiger partial charge in [-0.3, -0.25) is 0 Å². The van der Waals surface area contributed by atoms with Crippen molar-refractivity contribution in [1.82, 2.24) is 0 Å². The molecular formula is C6H8OS. The Morgan fingerprint density at radius 1 is 1.75 bits per heavy atom. The maximum absolute atomic E-state index is 9.73. The van der Waals surface area contributed by atoms with E-state index in [0.29, 0.717) is 12.8 Å². The summed E-state index contributed by atoms with van der Waals surface area (Å²) in [4.78, 5) is 10.5. The minimum Gasteiger partial charge on any atom is -0.303 e. The molecule has 0 spiro atoms. The van der Waals surface area contributed by atoms with Crippen LogP contribution in [0.25, 0.3) is 0 Å². The Hall–Kier alpha value is -0.500. The van der Waals surface area contributed by atoms with Crippen molar-refractivity contribution in [3.63, 3.8) is 0 Å². The molecule has 0 radical (unpaired) electrons. The summed E-state index contributed by atoms with van der Waals surface area (Å²) in [6.07, 6.45) is 3.64. The van der Waals surface area contributed by atoms with E-state index in [1.165, 1.54) is 0 Å². The second-order valence-electron chi connectivity index (χ2n) is 1.38. The fourth-order valence-corrected chi connectivity index (χ4v) is 0.421. The Morgan fingerprint density at radius 3 is 2.75 bits per heavy atom. The largest absolute Gasteiger partial charge is 0.303 e. The zero-order valence-corrected chi connectivity index (χ0v) is 5.41. The standard InChI is InChI=1S/C6H8OS/c1-2-6(8)4-3-5-7/h2,5H,1,3-4H2. The van der Waals surface area contributed by atoms with E-state index in [1.54, 1.807) is 6.08 Å². The van der Waals surface area contributed by atoms with Gasteiger partial charge < -0.3 is 4.79 Å². The third-order valence-corrected chi connectivity index (χ3v) is 1.11. The molecule has 0 heterocycles. The van der Waals surface area contributed by atoms with Crippen molar-refractivity contribution in [2.75, 3.05) is 0 Å². The normalized spacial score (nSPS) is 8.00. The van der Waals surface area contributed by atoms with E-state index in [9.17, 15) is 4.79 Å². The van der Waals surface area contributed by atoms with Gasteiger partial charge in [-0.2, -0.15) is 0 Å². The van der Waals surface area contributed by atoms with Crippen LogP contribution in [0.5, 0.6) is 0 Å². The first kappa shape index (κ1) is 7.50. The Labute approximate surface area is 54.4 Å². The topological polar surface area (TPSA) is 17.1 Å². The number of rotatable bonds is 4. The minimum absolute atomic E-state index is 0.519. The van der Waals surface area contributed by atoms with Crippen LogP contribution >= 0.6 is 12.2 Å². The second kappa shape index (κ2) is 4.65. The van der Waals surface area contributed by atoms with Gasteiger partial charge in [-0.15, -0.1) is 0 Å². The highest BCUT2D eigenvalue weighted by atomic mass is 32.1. The van der Waals surface area contributed by atoms with Gasteiger partial charge in [-0.25, -0.2) is 0 Å². The van der Waals surface area contributed by atoms with Crippen molar-refractivity contribution in [3.05, 3.63) is 12.7 Å². The first-order valence-corrected chi connectivity index (χ1v) is 2.81. The fourth-order valence-electron chi connectivity index (χ4n) is 0.303. The van der Waals surface area contributed by atoms with Crippen LogP contribution in [0.4, 0.5) is 0 Å². The average Bonchev–Trinajstić information content (AvgIpc) is 1.83. The molecule has 0 N–H and O–H groups in total.